The number of esters is 2. The topological polar surface area (TPSA) is 101 Å². The number of hydrogen-bond acceptors (Lipinski definition) is 7. The van der Waals surface area contributed by atoms with Crippen LogP contribution >= 0.6 is 27.7 Å². The van der Waals surface area contributed by atoms with E-state index in [-0.39, 0.29) is 12.3 Å². The van der Waals surface area contributed by atoms with E-state index in [0.29, 0.717) is 26.9 Å². The van der Waals surface area contributed by atoms with Crippen LogP contribution in [0, 0.1) is 10.1 Å². The van der Waals surface area contributed by atoms with Crippen molar-refractivity contribution in [3.05, 3.63) is 62.2 Å². The second-order valence-corrected chi connectivity index (χ2v) is 8.44. The number of benzene rings is 2. The number of carbonyl (C=O) groups excluding carboxylic acids is 2. The van der Waals surface area contributed by atoms with Gasteiger partial charge in [0.1, 0.15) is 5.75 Å². The standard InChI is InChI=1S/C21H19BrN2O6S/c1-4-29-21(26)20-15-9-19(30-12(2)25)16(22)10-17(15)23(3)18(20)11-31-14-7-5-13(6-8-14)24(27)28/h5-10H,4,11H2,1-3H3. The van der Waals surface area contributed by atoms with Crippen molar-refractivity contribution in [2.45, 2.75) is 24.5 Å². The highest BCUT2D eigenvalue weighted by atomic mass is 79.9. The van der Waals surface area contributed by atoms with Crippen molar-refractivity contribution in [3.63, 3.8) is 0 Å². The maximum absolute atomic E-state index is 12.8. The molecule has 0 fully saturated rings. The SMILES string of the molecule is CCOC(=O)c1c(CSc2ccc([N+](=O)[O-])cc2)n(C)c2cc(Br)c(OC(C)=O)cc12. The van der Waals surface area contributed by atoms with Crippen LogP contribution in [0.25, 0.3) is 10.9 Å². The molecule has 0 atom stereocenters. The summed E-state index contributed by atoms with van der Waals surface area (Å²) in [6.07, 6.45) is 0. The van der Waals surface area contributed by atoms with Gasteiger partial charge in [-0.25, -0.2) is 4.79 Å². The average Bonchev–Trinajstić information content (AvgIpc) is 2.98. The third-order valence-electron chi connectivity index (χ3n) is 4.53. The van der Waals surface area contributed by atoms with Gasteiger partial charge in [0.2, 0.25) is 0 Å². The lowest BCUT2D eigenvalue weighted by molar-refractivity contribution is -0.384. The Bertz CT molecular complexity index is 1170. The zero-order valence-corrected chi connectivity index (χ0v) is 19.4. The van der Waals surface area contributed by atoms with Gasteiger partial charge in [-0.3, -0.25) is 14.9 Å². The molecule has 0 aliphatic rings. The van der Waals surface area contributed by atoms with E-state index in [0.717, 1.165) is 16.1 Å². The zero-order valence-electron chi connectivity index (χ0n) is 17.0. The van der Waals surface area contributed by atoms with Crippen LogP contribution in [0.4, 0.5) is 5.69 Å². The van der Waals surface area contributed by atoms with Crippen LogP contribution < -0.4 is 4.74 Å². The second-order valence-electron chi connectivity index (χ2n) is 6.53. The highest BCUT2D eigenvalue weighted by molar-refractivity contribution is 9.10. The first-order valence-corrected chi connectivity index (χ1v) is 11.0. The van der Waals surface area contributed by atoms with Crippen molar-refractivity contribution in [2.75, 3.05) is 6.61 Å². The van der Waals surface area contributed by atoms with Crippen LogP contribution in [-0.2, 0) is 22.3 Å². The normalized spacial score (nSPS) is 10.8. The molecule has 0 N–H and O–H groups in total. The minimum absolute atomic E-state index is 0.0176. The van der Waals surface area contributed by atoms with Gasteiger partial charge in [-0.2, -0.15) is 0 Å². The smallest absolute Gasteiger partial charge is 0.340 e. The molecule has 0 saturated carbocycles. The molecule has 0 radical (unpaired) electrons. The van der Waals surface area contributed by atoms with E-state index in [1.807, 2.05) is 11.6 Å². The fourth-order valence-electron chi connectivity index (χ4n) is 3.14. The van der Waals surface area contributed by atoms with E-state index >= 15 is 0 Å². The number of thioether (sulfide) groups is 1. The van der Waals surface area contributed by atoms with Gasteiger partial charge in [0.15, 0.2) is 0 Å². The number of non-ortho nitro benzene ring substituents is 1. The highest BCUT2D eigenvalue weighted by Crippen LogP contribution is 2.37. The molecule has 0 aliphatic carbocycles. The van der Waals surface area contributed by atoms with Gasteiger partial charge in [-0.1, -0.05) is 0 Å². The first-order chi connectivity index (χ1) is 14.7. The highest BCUT2D eigenvalue weighted by Gasteiger charge is 2.24. The summed E-state index contributed by atoms with van der Waals surface area (Å²) in [5.74, 6) is -0.200. The third kappa shape index (κ3) is 4.91. The first-order valence-electron chi connectivity index (χ1n) is 9.26. The minimum Gasteiger partial charge on any atom is -0.462 e. The predicted octanol–water partition coefficient (Wildman–Crippen LogP) is 5.24. The quantitative estimate of drug-likeness (QED) is 0.142. The number of nitro groups is 1. The van der Waals surface area contributed by atoms with E-state index in [9.17, 15) is 19.7 Å². The summed E-state index contributed by atoms with van der Waals surface area (Å²) < 4.78 is 13.0. The summed E-state index contributed by atoms with van der Waals surface area (Å²) >= 11 is 4.85. The summed E-state index contributed by atoms with van der Waals surface area (Å²) in [6.45, 7) is 3.26. The lowest BCUT2D eigenvalue weighted by Crippen LogP contribution is -2.08. The molecule has 0 aliphatic heterocycles. The van der Waals surface area contributed by atoms with Crippen LogP contribution in [0.1, 0.15) is 29.9 Å². The Hall–Kier alpha value is -2.85. The fraction of sp³-hybridized carbons (Fsp3) is 0.238. The first kappa shape index (κ1) is 22.8. The Kier molecular flexibility index (Phi) is 7.01. The summed E-state index contributed by atoms with van der Waals surface area (Å²) in [4.78, 5) is 35.5. The van der Waals surface area contributed by atoms with Crippen molar-refractivity contribution in [3.8, 4) is 5.75 Å². The van der Waals surface area contributed by atoms with Crippen molar-refractivity contribution < 1.29 is 24.0 Å². The number of nitro benzene ring substituents is 1. The molecule has 162 valence electrons. The number of hydrogen-bond donors (Lipinski definition) is 0. The number of aryl methyl sites for hydroxylation is 1. The number of halogens is 1. The van der Waals surface area contributed by atoms with Crippen LogP contribution in [0.3, 0.4) is 0 Å². The van der Waals surface area contributed by atoms with E-state index in [1.165, 1.54) is 30.8 Å². The van der Waals surface area contributed by atoms with Crippen LogP contribution in [0.5, 0.6) is 5.75 Å². The monoisotopic (exact) mass is 506 g/mol. The Balaban J connectivity index is 2.05. The van der Waals surface area contributed by atoms with Gasteiger partial charge in [-0.15, -0.1) is 11.8 Å². The molecule has 0 saturated heterocycles. The van der Waals surface area contributed by atoms with Gasteiger partial charge in [-0.05, 0) is 47.1 Å². The van der Waals surface area contributed by atoms with Crippen LogP contribution in [0.15, 0.2) is 45.8 Å². The fourth-order valence-corrected chi connectivity index (χ4v) is 4.52. The van der Waals surface area contributed by atoms with E-state index in [1.54, 1.807) is 31.2 Å². The molecule has 1 aromatic heterocycles. The Morgan fingerprint density at radius 2 is 1.90 bits per heavy atom. The van der Waals surface area contributed by atoms with Gasteiger partial charge in [0.25, 0.3) is 5.69 Å². The number of fused-ring (bicyclic) bond motifs is 1. The van der Waals surface area contributed by atoms with Gasteiger partial charge < -0.3 is 14.0 Å². The number of ether oxygens (including phenoxy) is 2. The van der Waals surface area contributed by atoms with E-state index < -0.39 is 16.9 Å². The Morgan fingerprint density at radius 3 is 2.48 bits per heavy atom. The molecule has 3 aromatic rings. The second kappa shape index (κ2) is 9.52. The van der Waals surface area contributed by atoms with Crippen molar-refractivity contribution >= 4 is 56.2 Å². The van der Waals surface area contributed by atoms with Gasteiger partial charge in [0, 0.05) is 47.8 Å². The molecular weight excluding hydrogens is 488 g/mol. The molecule has 1 heterocycles. The maximum Gasteiger partial charge on any atom is 0.340 e. The summed E-state index contributed by atoms with van der Waals surface area (Å²) in [7, 11) is 1.84. The number of rotatable bonds is 7. The molecule has 3 rings (SSSR count). The maximum atomic E-state index is 12.8. The Morgan fingerprint density at radius 1 is 1.23 bits per heavy atom. The molecule has 0 bridgehead atoms. The number of aromatic nitrogens is 1. The zero-order chi connectivity index (χ0) is 22.7. The molecular formula is C21H19BrN2O6S. The van der Waals surface area contributed by atoms with Gasteiger partial charge in [0.05, 0.1) is 27.1 Å². The van der Waals surface area contributed by atoms with Gasteiger partial charge >= 0.3 is 11.9 Å². The summed E-state index contributed by atoms with van der Waals surface area (Å²) in [5.41, 5.74) is 1.91. The Labute approximate surface area is 190 Å². The molecule has 8 nitrogen and oxygen atoms in total. The average molecular weight is 507 g/mol. The summed E-state index contributed by atoms with van der Waals surface area (Å²) in [6, 6.07) is 9.66. The lowest BCUT2D eigenvalue weighted by Gasteiger charge is -2.08. The van der Waals surface area contributed by atoms with Crippen molar-refractivity contribution in [1.29, 1.82) is 0 Å². The molecule has 0 amide bonds. The van der Waals surface area contributed by atoms with E-state index in [2.05, 4.69) is 15.9 Å². The molecule has 10 heteroatoms. The van der Waals surface area contributed by atoms with Crippen LogP contribution in [-0.4, -0.2) is 28.0 Å². The summed E-state index contributed by atoms with van der Waals surface area (Å²) in [5, 5.41) is 11.5. The molecule has 0 unspecified atom stereocenters. The minimum atomic E-state index is -0.470. The van der Waals surface area contributed by atoms with Crippen LogP contribution in [0.2, 0.25) is 0 Å². The molecule has 0 spiro atoms. The molecule has 31 heavy (non-hydrogen) atoms. The molecule has 2 aromatic carbocycles. The van der Waals surface area contributed by atoms with Crippen molar-refractivity contribution in [2.24, 2.45) is 7.05 Å². The third-order valence-corrected chi connectivity index (χ3v) is 6.17. The largest absolute Gasteiger partial charge is 0.462 e. The number of carbonyl (C=O) groups is 2. The number of nitrogens with zero attached hydrogens (tertiary/aromatic N) is 2. The van der Waals surface area contributed by atoms with E-state index in [4.69, 9.17) is 9.47 Å². The predicted molar refractivity (Wildman–Crippen MR) is 121 cm³/mol. The van der Waals surface area contributed by atoms with Crippen molar-refractivity contribution in [1.82, 2.24) is 4.57 Å². The lowest BCUT2D eigenvalue weighted by atomic mass is 10.1.